The van der Waals surface area contributed by atoms with Gasteiger partial charge in [-0.1, -0.05) is 0 Å². The van der Waals surface area contributed by atoms with Crippen molar-refractivity contribution >= 4 is 55.8 Å². The molecule has 0 aliphatic rings. The van der Waals surface area contributed by atoms with Crippen molar-refractivity contribution in [2.45, 2.75) is 4.90 Å². The van der Waals surface area contributed by atoms with Gasteiger partial charge in [0.05, 0.1) is 3.57 Å². The molecule has 1 aromatic carbocycles. The number of hydrogen-bond donors (Lipinski definition) is 1. The Balaban J connectivity index is 2.87. The molecule has 0 amide bonds. The molecule has 13 heavy (non-hydrogen) atoms. The van der Waals surface area contributed by atoms with E-state index in [0.29, 0.717) is 5.75 Å². The molecule has 2 aromatic rings. The van der Waals surface area contributed by atoms with Gasteiger partial charge in [-0.05, 0) is 46.4 Å². The number of halogens is 1. The summed E-state index contributed by atoms with van der Waals surface area (Å²) in [5.74, 6) is 0.389. The zero-order valence-corrected chi connectivity index (χ0v) is 10.7. The number of thioether (sulfide) groups is 1. The lowest BCUT2D eigenvalue weighted by atomic mass is 10.2. The Kier molecular flexibility index (Phi) is 2.71. The summed E-state index contributed by atoms with van der Waals surface area (Å²) in [4.78, 5) is 1.18. The molecule has 0 spiro atoms. The summed E-state index contributed by atoms with van der Waals surface area (Å²) in [7, 11) is 0. The Morgan fingerprint density at radius 1 is 1.54 bits per heavy atom. The summed E-state index contributed by atoms with van der Waals surface area (Å²) >= 11 is 5.53. The fourth-order valence-electron chi connectivity index (χ4n) is 1.24. The molecule has 1 heterocycles. The predicted octanol–water partition coefficient (Wildman–Crippen LogP) is 3.93. The SMILES string of the molecule is CSc1c(I)c(O)cc2sccc12. The maximum absolute atomic E-state index is 9.63. The molecule has 0 saturated heterocycles. The molecular weight excluding hydrogens is 315 g/mol. The third-order valence-electron chi connectivity index (χ3n) is 1.84. The normalized spacial score (nSPS) is 10.9. The minimum atomic E-state index is 0.389. The van der Waals surface area contributed by atoms with Gasteiger partial charge in [-0.25, -0.2) is 0 Å². The molecule has 1 nitrogen and oxygen atoms in total. The number of benzene rings is 1. The molecule has 0 aliphatic carbocycles. The maximum Gasteiger partial charge on any atom is 0.131 e. The molecule has 68 valence electrons. The molecule has 0 saturated carbocycles. The first-order chi connectivity index (χ1) is 6.24. The van der Waals surface area contributed by atoms with E-state index < -0.39 is 0 Å². The van der Waals surface area contributed by atoms with E-state index in [4.69, 9.17) is 0 Å². The average molecular weight is 322 g/mol. The Bertz CT molecular complexity index is 450. The second-order valence-electron chi connectivity index (χ2n) is 2.58. The summed E-state index contributed by atoms with van der Waals surface area (Å²) < 4.78 is 2.11. The number of thiophene rings is 1. The average Bonchev–Trinajstić information content (AvgIpc) is 2.54. The molecule has 0 atom stereocenters. The molecule has 0 bridgehead atoms. The molecule has 0 unspecified atom stereocenters. The van der Waals surface area contributed by atoms with Crippen LogP contribution in [0.5, 0.6) is 5.75 Å². The highest BCUT2D eigenvalue weighted by Crippen LogP contribution is 2.38. The van der Waals surface area contributed by atoms with Crippen molar-refractivity contribution in [3.8, 4) is 5.75 Å². The van der Waals surface area contributed by atoms with Crippen LogP contribution in [-0.2, 0) is 0 Å². The number of fused-ring (bicyclic) bond motifs is 1. The van der Waals surface area contributed by atoms with Crippen LogP contribution in [0.3, 0.4) is 0 Å². The predicted molar refractivity (Wildman–Crippen MR) is 68.0 cm³/mol. The smallest absolute Gasteiger partial charge is 0.131 e. The molecule has 2 rings (SSSR count). The number of phenols is 1. The zero-order valence-electron chi connectivity index (χ0n) is 6.87. The molecular formula is C9H7IOS2. The summed E-state index contributed by atoms with van der Waals surface area (Å²) in [6.45, 7) is 0. The van der Waals surface area contributed by atoms with Gasteiger partial charge in [-0.3, -0.25) is 0 Å². The fraction of sp³-hybridized carbons (Fsp3) is 0.111. The van der Waals surface area contributed by atoms with E-state index in [-0.39, 0.29) is 0 Å². The van der Waals surface area contributed by atoms with Gasteiger partial charge in [0.2, 0.25) is 0 Å². The number of phenolic OH excluding ortho intramolecular Hbond substituents is 1. The van der Waals surface area contributed by atoms with E-state index in [1.54, 1.807) is 23.1 Å². The van der Waals surface area contributed by atoms with Gasteiger partial charge >= 0.3 is 0 Å². The van der Waals surface area contributed by atoms with Gasteiger partial charge in [0.25, 0.3) is 0 Å². The second-order valence-corrected chi connectivity index (χ2v) is 5.42. The van der Waals surface area contributed by atoms with Crippen molar-refractivity contribution in [1.29, 1.82) is 0 Å². The van der Waals surface area contributed by atoms with Crippen LogP contribution >= 0.6 is 45.7 Å². The Morgan fingerprint density at radius 2 is 2.31 bits per heavy atom. The summed E-state index contributed by atoms with van der Waals surface area (Å²) in [5.41, 5.74) is 0. The summed E-state index contributed by atoms with van der Waals surface area (Å²) in [5, 5.41) is 12.9. The van der Waals surface area contributed by atoms with E-state index in [1.807, 2.05) is 12.3 Å². The maximum atomic E-state index is 9.63. The van der Waals surface area contributed by atoms with Crippen LogP contribution in [0.1, 0.15) is 0 Å². The van der Waals surface area contributed by atoms with Crippen molar-refractivity contribution in [1.82, 2.24) is 0 Å². The van der Waals surface area contributed by atoms with Gasteiger partial charge in [0, 0.05) is 15.0 Å². The van der Waals surface area contributed by atoms with Gasteiger partial charge in [0.15, 0.2) is 0 Å². The highest BCUT2D eigenvalue weighted by molar-refractivity contribution is 14.1. The van der Waals surface area contributed by atoms with Crippen LogP contribution in [0.15, 0.2) is 22.4 Å². The fourth-order valence-corrected chi connectivity index (χ4v) is 3.92. The standard InChI is InChI=1S/C9H7IOS2/c1-12-9-5-2-3-13-7(5)4-6(11)8(9)10/h2-4,11H,1H3. The first-order valence-electron chi connectivity index (χ1n) is 3.66. The van der Waals surface area contributed by atoms with Gasteiger partial charge < -0.3 is 5.11 Å². The van der Waals surface area contributed by atoms with E-state index in [1.165, 1.54) is 10.3 Å². The summed E-state index contributed by atoms with van der Waals surface area (Å²) in [6, 6.07) is 3.94. The second kappa shape index (κ2) is 3.67. The monoisotopic (exact) mass is 322 g/mol. The highest BCUT2D eigenvalue weighted by atomic mass is 127. The molecule has 0 fully saturated rings. The first-order valence-corrected chi connectivity index (χ1v) is 6.85. The lowest BCUT2D eigenvalue weighted by Gasteiger charge is -2.04. The minimum absolute atomic E-state index is 0.389. The minimum Gasteiger partial charge on any atom is -0.507 e. The first kappa shape index (κ1) is 9.61. The van der Waals surface area contributed by atoms with Crippen LogP contribution < -0.4 is 0 Å². The highest BCUT2D eigenvalue weighted by Gasteiger charge is 2.10. The Morgan fingerprint density at radius 3 is 3.00 bits per heavy atom. The van der Waals surface area contributed by atoms with Gasteiger partial charge in [-0.15, -0.1) is 23.1 Å². The van der Waals surface area contributed by atoms with Gasteiger partial charge in [0.1, 0.15) is 5.75 Å². The van der Waals surface area contributed by atoms with E-state index in [9.17, 15) is 5.11 Å². The lowest BCUT2D eigenvalue weighted by Crippen LogP contribution is -1.80. The zero-order chi connectivity index (χ0) is 9.42. The molecule has 1 N–H and O–H groups in total. The Labute approximate surface area is 98.3 Å². The van der Waals surface area contributed by atoms with Crippen LogP contribution in [-0.4, -0.2) is 11.4 Å². The van der Waals surface area contributed by atoms with Crippen LogP contribution in [0.4, 0.5) is 0 Å². The van der Waals surface area contributed by atoms with Crippen LogP contribution in [0.25, 0.3) is 10.1 Å². The molecule has 4 heteroatoms. The quantitative estimate of drug-likeness (QED) is 0.634. The van der Waals surface area contributed by atoms with Crippen molar-refractivity contribution < 1.29 is 5.11 Å². The van der Waals surface area contributed by atoms with Gasteiger partial charge in [-0.2, -0.15) is 0 Å². The molecule has 1 aromatic heterocycles. The van der Waals surface area contributed by atoms with Crippen molar-refractivity contribution in [2.75, 3.05) is 6.26 Å². The third-order valence-corrected chi connectivity index (χ3v) is 4.99. The summed E-state index contributed by atoms with van der Waals surface area (Å²) in [6.07, 6.45) is 2.04. The van der Waals surface area contributed by atoms with Crippen LogP contribution in [0, 0.1) is 3.57 Å². The third kappa shape index (κ3) is 1.55. The van der Waals surface area contributed by atoms with Crippen molar-refractivity contribution in [2.24, 2.45) is 0 Å². The van der Waals surface area contributed by atoms with E-state index >= 15 is 0 Å². The number of rotatable bonds is 1. The number of hydrogen-bond acceptors (Lipinski definition) is 3. The number of aromatic hydroxyl groups is 1. The lowest BCUT2D eigenvalue weighted by molar-refractivity contribution is 0.471. The van der Waals surface area contributed by atoms with Crippen molar-refractivity contribution in [3.05, 3.63) is 21.1 Å². The molecule has 0 aliphatic heterocycles. The topological polar surface area (TPSA) is 20.2 Å². The van der Waals surface area contributed by atoms with E-state index in [2.05, 4.69) is 34.0 Å². The largest absolute Gasteiger partial charge is 0.507 e. The molecule has 0 radical (unpaired) electrons. The van der Waals surface area contributed by atoms with E-state index in [0.717, 1.165) is 8.27 Å². The Hall–Kier alpha value is 0.0600. The van der Waals surface area contributed by atoms with Crippen LogP contribution in [0.2, 0.25) is 0 Å². The van der Waals surface area contributed by atoms with Crippen molar-refractivity contribution in [3.63, 3.8) is 0 Å².